The molecule has 3 rings (SSSR count). The lowest BCUT2D eigenvalue weighted by atomic mass is 10.2. The van der Waals surface area contributed by atoms with Gasteiger partial charge in [0.25, 0.3) is 5.91 Å². The number of fused-ring (bicyclic) bond motifs is 1. The number of nitrogens with two attached hydrogens (primary N) is 1. The second kappa shape index (κ2) is 8.60. The number of amides is 1. The first-order valence-electron chi connectivity index (χ1n) is 9.09. The molecule has 8 nitrogen and oxygen atoms in total. The normalized spacial score (nSPS) is 15.6. The molecule has 2 heterocycles. The van der Waals surface area contributed by atoms with E-state index >= 15 is 0 Å². The van der Waals surface area contributed by atoms with Crippen molar-refractivity contribution in [3.63, 3.8) is 0 Å². The molecule has 1 aromatic carbocycles. The molecule has 0 radical (unpaired) electrons. The molecule has 1 amide bonds. The Bertz CT molecular complexity index is 853. The number of aromatic nitrogens is 1. The van der Waals surface area contributed by atoms with Gasteiger partial charge in [-0.15, -0.1) is 0 Å². The maximum atomic E-state index is 12.7. The summed E-state index contributed by atoms with van der Waals surface area (Å²) in [6.07, 6.45) is 0.642. The van der Waals surface area contributed by atoms with Gasteiger partial charge in [0, 0.05) is 6.54 Å². The lowest BCUT2D eigenvalue weighted by molar-refractivity contribution is -0.126. The predicted octanol–water partition coefficient (Wildman–Crippen LogP) is 2.42. The van der Waals surface area contributed by atoms with Crippen molar-refractivity contribution >= 4 is 23.5 Å². The van der Waals surface area contributed by atoms with Crippen molar-refractivity contribution in [2.45, 2.75) is 25.9 Å². The van der Waals surface area contributed by atoms with E-state index in [2.05, 4.69) is 9.72 Å². The van der Waals surface area contributed by atoms with E-state index in [0.29, 0.717) is 54.7 Å². The zero-order valence-electron chi connectivity index (χ0n) is 15.9. The third-order valence-corrected chi connectivity index (χ3v) is 4.37. The SMILES string of the molecule is CCC1Oc2ccc(N)nc2N(CCCOc2ccc(C(=O)OC)cc2)C1=O. The van der Waals surface area contributed by atoms with Gasteiger partial charge in [0.2, 0.25) is 0 Å². The van der Waals surface area contributed by atoms with Gasteiger partial charge in [-0.3, -0.25) is 9.69 Å². The van der Waals surface area contributed by atoms with Crippen molar-refractivity contribution in [1.29, 1.82) is 0 Å². The Kier molecular flexibility index (Phi) is 5.98. The molecule has 2 N–H and O–H groups in total. The number of carbonyl (C=O) groups excluding carboxylic acids is 2. The molecular formula is C20H23N3O5. The Balaban J connectivity index is 1.60. The molecule has 1 aliphatic heterocycles. The van der Waals surface area contributed by atoms with E-state index in [1.165, 1.54) is 7.11 Å². The van der Waals surface area contributed by atoms with Crippen LogP contribution in [0.4, 0.5) is 11.6 Å². The minimum absolute atomic E-state index is 0.129. The number of esters is 1. The van der Waals surface area contributed by atoms with E-state index in [1.54, 1.807) is 41.3 Å². The van der Waals surface area contributed by atoms with Crippen LogP contribution in [-0.2, 0) is 9.53 Å². The Morgan fingerprint density at radius 2 is 2.00 bits per heavy atom. The smallest absolute Gasteiger partial charge is 0.337 e. The van der Waals surface area contributed by atoms with Crippen LogP contribution < -0.4 is 20.1 Å². The summed E-state index contributed by atoms with van der Waals surface area (Å²) in [5.41, 5.74) is 6.23. The number of anilines is 2. The summed E-state index contributed by atoms with van der Waals surface area (Å²) in [4.78, 5) is 30.0. The Hall–Kier alpha value is -3.29. The minimum atomic E-state index is -0.523. The molecule has 28 heavy (non-hydrogen) atoms. The monoisotopic (exact) mass is 385 g/mol. The number of pyridine rings is 1. The van der Waals surface area contributed by atoms with Gasteiger partial charge in [-0.2, -0.15) is 0 Å². The first kappa shape index (κ1) is 19.5. The third kappa shape index (κ3) is 4.16. The average Bonchev–Trinajstić information content (AvgIpc) is 2.72. The lowest BCUT2D eigenvalue weighted by Crippen LogP contribution is -2.46. The van der Waals surface area contributed by atoms with E-state index in [4.69, 9.17) is 15.2 Å². The van der Waals surface area contributed by atoms with Gasteiger partial charge in [-0.1, -0.05) is 6.92 Å². The lowest BCUT2D eigenvalue weighted by Gasteiger charge is -2.33. The molecule has 1 unspecified atom stereocenters. The summed E-state index contributed by atoms with van der Waals surface area (Å²) in [5.74, 6) is 1.44. The molecule has 148 valence electrons. The van der Waals surface area contributed by atoms with Crippen LogP contribution in [0.1, 0.15) is 30.1 Å². The highest BCUT2D eigenvalue weighted by atomic mass is 16.5. The summed E-state index contributed by atoms with van der Waals surface area (Å²) in [6.45, 7) is 2.73. The van der Waals surface area contributed by atoms with Crippen molar-refractivity contribution in [3.8, 4) is 11.5 Å². The molecule has 0 spiro atoms. The van der Waals surface area contributed by atoms with Crippen LogP contribution in [0.15, 0.2) is 36.4 Å². The van der Waals surface area contributed by atoms with Crippen LogP contribution in [0.3, 0.4) is 0 Å². The van der Waals surface area contributed by atoms with Gasteiger partial charge >= 0.3 is 5.97 Å². The van der Waals surface area contributed by atoms with E-state index in [-0.39, 0.29) is 5.91 Å². The number of methoxy groups -OCH3 is 1. The number of carbonyl (C=O) groups is 2. The standard InChI is InChI=1S/C20H23N3O5/c1-3-15-19(24)23(18-16(28-15)9-10-17(21)22-18)11-4-12-27-14-7-5-13(6-8-14)20(25)26-2/h5-10,15H,3-4,11-12H2,1-2H3,(H2,21,22). The molecule has 1 atom stereocenters. The van der Waals surface area contributed by atoms with E-state index < -0.39 is 12.1 Å². The molecule has 8 heteroatoms. The van der Waals surface area contributed by atoms with Gasteiger partial charge in [0.05, 0.1) is 19.3 Å². The summed E-state index contributed by atoms with van der Waals surface area (Å²) < 4.78 is 16.1. The third-order valence-electron chi connectivity index (χ3n) is 4.37. The minimum Gasteiger partial charge on any atom is -0.494 e. The summed E-state index contributed by atoms with van der Waals surface area (Å²) in [6, 6.07) is 10.1. The molecule has 0 saturated heterocycles. The fraction of sp³-hybridized carbons (Fsp3) is 0.350. The van der Waals surface area contributed by atoms with Crippen molar-refractivity contribution < 1.29 is 23.8 Å². The van der Waals surface area contributed by atoms with Crippen LogP contribution in [0, 0.1) is 0 Å². The molecular weight excluding hydrogens is 362 g/mol. The number of hydrogen-bond acceptors (Lipinski definition) is 7. The maximum Gasteiger partial charge on any atom is 0.337 e. The van der Waals surface area contributed by atoms with Crippen LogP contribution in [0.5, 0.6) is 11.5 Å². The molecule has 2 aromatic rings. The van der Waals surface area contributed by atoms with Crippen LogP contribution >= 0.6 is 0 Å². The topological polar surface area (TPSA) is 104 Å². The fourth-order valence-electron chi connectivity index (χ4n) is 2.91. The van der Waals surface area contributed by atoms with E-state index in [9.17, 15) is 9.59 Å². The number of rotatable bonds is 7. The van der Waals surface area contributed by atoms with Gasteiger partial charge in [0.1, 0.15) is 11.6 Å². The Morgan fingerprint density at radius 1 is 1.25 bits per heavy atom. The first-order valence-corrected chi connectivity index (χ1v) is 9.09. The average molecular weight is 385 g/mol. The maximum absolute atomic E-state index is 12.7. The van der Waals surface area contributed by atoms with Crippen LogP contribution in [0.25, 0.3) is 0 Å². The number of nitrogen functional groups attached to an aromatic ring is 1. The molecule has 0 saturated carbocycles. The Labute approximate surface area is 163 Å². The molecule has 0 bridgehead atoms. The van der Waals surface area contributed by atoms with Crippen molar-refractivity contribution in [3.05, 3.63) is 42.0 Å². The predicted molar refractivity (Wildman–Crippen MR) is 104 cm³/mol. The van der Waals surface area contributed by atoms with E-state index in [1.807, 2.05) is 6.92 Å². The molecule has 1 aromatic heterocycles. The number of benzene rings is 1. The van der Waals surface area contributed by atoms with Crippen LogP contribution in [0.2, 0.25) is 0 Å². The van der Waals surface area contributed by atoms with Crippen molar-refractivity contribution in [2.75, 3.05) is 30.9 Å². The fourth-order valence-corrected chi connectivity index (χ4v) is 2.91. The summed E-state index contributed by atoms with van der Waals surface area (Å²) >= 11 is 0. The van der Waals surface area contributed by atoms with Gasteiger partial charge < -0.3 is 19.9 Å². The second-order valence-electron chi connectivity index (χ2n) is 6.28. The number of hydrogen-bond donors (Lipinski definition) is 1. The zero-order chi connectivity index (χ0) is 20.1. The van der Waals surface area contributed by atoms with Crippen molar-refractivity contribution in [1.82, 2.24) is 4.98 Å². The summed E-state index contributed by atoms with van der Waals surface area (Å²) in [7, 11) is 1.34. The molecule has 0 aliphatic carbocycles. The Morgan fingerprint density at radius 3 is 2.68 bits per heavy atom. The van der Waals surface area contributed by atoms with Crippen LogP contribution in [-0.4, -0.2) is 43.2 Å². The second-order valence-corrected chi connectivity index (χ2v) is 6.28. The highest BCUT2D eigenvalue weighted by Gasteiger charge is 2.34. The zero-order valence-corrected chi connectivity index (χ0v) is 15.9. The van der Waals surface area contributed by atoms with E-state index in [0.717, 1.165) is 0 Å². The molecule has 1 aliphatic rings. The highest BCUT2D eigenvalue weighted by Crippen LogP contribution is 2.33. The van der Waals surface area contributed by atoms with Gasteiger partial charge in [-0.25, -0.2) is 9.78 Å². The quantitative estimate of drug-likeness (QED) is 0.576. The largest absolute Gasteiger partial charge is 0.494 e. The first-order chi connectivity index (χ1) is 13.5. The highest BCUT2D eigenvalue weighted by molar-refractivity contribution is 5.99. The van der Waals surface area contributed by atoms with Gasteiger partial charge in [-0.05, 0) is 49.2 Å². The molecule has 0 fully saturated rings. The number of ether oxygens (including phenoxy) is 3. The number of nitrogens with zero attached hydrogens (tertiary/aromatic N) is 2. The van der Waals surface area contributed by atoms with Crippen molar-refractivity contribution in [2.24, 2.45) is 0 Å². The van der Waals surface area contributed by atoms with Gasteiger partial charge in [0.15, 0.2) is 17.7 Å². The summed E-state index contributed by atoms with van der Waals surface area (Å²) in [5, 5.41) is 0.